The lowest BCUT2D eigenvalue weighted by Crippen LogP contribution is -2.56. The van der Waals surface area contributed by atoms with Crippen LogP contribution in [-0.2, 0) is 10.2 Å². The van der Waals surface area contributed by atoms with Crippen LogP contribution in [0.2, 0.25) is 0 Å². The molecule has 2 atom stereocenters. The monoisotopic (exact) mass is 342 g/mol. The summed E-state index contributed by atoms with van der Waals surface area (Å²) in [6.45, 7) is 2.42. The third-order valence-corrected chi connectivity index (χ3v) is 6.69. The van der Waals surface area contributed by atoms with Crippen LogP contribution in [0, 0.1) is 0 Å². The molecule has 1 N–H and O–H groups in total. The highest BCUT2D eigenvalue weighted by molar-refractivity contribution is 5.89. The third-order valence-electron chi connectivity index (χ3n) is 6.69. The topological polar surface area (TPSA) is 41.6 Å². The van der Waals surface area contributed by atoms with E-state index < -0.39 is 0 Å². The number of nitrogens with zero attached hydrogens (tertiary/aromatic N) is 1. The molecule has 2 saturated heterocycles. The zero-order valence-corrected chi connectivity index (χ0v) is 15.3. The van der Waals surface area contributed by atoms with Crippen molar-refractivity contribution in [2.75, 3.05) is 20.2 Å². The normalized spacial score (nSPS) is 28.5. The number of rotatable bonds is 4. The predicted molar refractivity (Wildman–Crippen MR) is 98.9 cm³/mol. The summed E-state index contributed by atoms with van der Waals surface area (Å²) < 4.78 is 5.29. The van der Waals surface area contributed by atoms with Crippen molar-refractivity contribution in [1.82, 2.24) is 10.2 Å². The SMILES string of the molecule is COc1ccc(C2(C(=O)N[C@H]3CCCN4CCC[C@@H]34)CCCC2)cc1. The summed E-state index contributed by atoms with van der Waals surface area (Å²) in [5.74, 6) is 1.11. The second-order valence-electron chi connectivity index (χ2n) is 7.99. The van der Waals surface area contributed by atoms with Crippen LogP contribution in [0.3, 0.4) is 0 Å². The van der Waals surface area contributed by atoms with Gasteiger partial charge < -0.3 is 10.1 Å². The molecule has 1 aliphatic carbocycles. The van der Waals surface area contributed by atoms with Crippen molar-refractivity contribution in [2.24, 2.45) is 0 Å². The van der Waals surface area contributed by atoms with Gasteiger partial charge in [0.15, 0.2) is 0 Å². The molecule has 0 radical (unpaired) electrons. The van der Waals surface area contributed by atoms with Crippen LogP contribution in [0.25, 0.3) is 0 Å². The number of amides is 1. The molecular weight excluding hydrogens is 312 g/mol. The number of benzene rings is 1. The molecular formula is C21H30N2O2. The molecule has 4 nitrogen and oxygen atoms in total. The maximum atomic E-state index is 13.4. The van der Waals surface area contributed by atoms with Crippen LogP contribution in [0.4, 0.5) is 0 Å². The van der Waals surface area contributed by atoms with Gasteiger partial charge in [-0.3, -0.25) is 9.69 Å². The predicted octanol–water partition coefficient (Wildman–Crippen LogP) is 3.25. The van der Waals surface area contributed by atoms with Gasteiger partial charge in [0.25, 0.3) is 0 Å². The van der Waals surface area contributed by atoms with E-state index in [-0.39, 0.29) is 11.3 Å². The van der Waals surface area contributed by atoms with E-state index in [4.69, 9.17) is 4.74 Å². The van der Waals surface area contributed by atoms with Crippen LogP contribution in [-0.4, -0.2) is 43.1 Å². The molecule has 0 spiro atoms. The molecule has 1 amide bonds. The van der Waals surface area contributed by atoms with Crippen molar-refractivity contribution in [2.45, 2.75) is 68.9 Å². The standard InChI is InChI=1S/C21H30N2O2/c1-25-17-10-8-16(9-11-17)21(12-2-3-13-21)20(24)22-18-6-4-14-23-15-5-7-19(18)23/h8-11,18-19H,2-7,12-15H2,1H3,(H,22,24)/t18-,19-/m0/s1. The molecule has 0 aromatic heterocycles. The molecule has 1 aromatic rings. The average molecular weight is 342 g/mol. The molecule has 3 fully saturated rings. The maximum Gasteiger partial charge on any atom is 0.230 e. The van der Waals surface area contributed by atoms with Gasteiger partial charge in [-0.1, -0.05) is 25.0 Å². The van der Waals surface area contributed by atoms with E-state index in [2.05, 4.69) is 22.3 Å². The first-order valence-electron chi connectivity index (χ1n) is 9.92. The van der Waals surface area contributed by atoms with Gasteiger partial charge in [0, 0.05) is 12.1 Å². The van der Waals surface area contributed by atoms with Gasteiger partial charge >= 0.3 is 0 Å². The van der Waals surface area contributed by atoms with Crippen molar-refractivity contribution in [3.63, 3.8) is 0 Å². The highest BCUT2D eigenvalue weighted by Crippen LogP contribution is 2.42. The van der Waals surface area contributed by atoms with Gasteiger partial charge in [-0.05, 0) is 69.3 Å². The molecule has 2 heterocycles. The number of carbonyl (C=O) groups is 1. The summed E-state index contributed by atoms with van der Waals surface area (Å²) in [5, 5.41) is 3.49. The van der Waals surface area contributed by atoms with Crippen LogP contribution in [0.15, 0.2) is 24.3 Å². The summed E-state index contributed by atoms with van der Waals surface area (Å²) in [4.78, 5) is 16.0. The lowest BCUT2D eigenvalue weighted by atomic mass is 9.77. The Kier molecular flexibility index (Phi) is 4.72. The molecule has 2 aliphatic heterocycles. The van der Waals surface area contributed by atoms with Crippen LogP contribution in [0.1, 0.15) is 56.9 Å². The van der Waals surface area contributed by atoms with Crippen LogP contribution >= 0.6 is 0 Å². The van der Waals surface area contributed by atoms with Crippen molar-refractivity contribution in [1.29, 1.82) is 0 Å². The molecule has 1 aromatic carbocycles. The van der Waals surface area contributed by atoms with Crippen molar-refractivity contribution < 1.29 is 9.53 Å². The van der Waals surface area contributed by atoms with E-state index in [1.54, 1.807) is 7.11 Å². The number of methoxy groups -OCH3 is 1. The lowest BCUT2D eigenvalue weighted by molar-refractivity contribution is -0.128. The summed E-state index contributed by atoms with van der Waals surface area (Å²) in [6.07, 6.45) is 9.06. The quantitative estimate of drug-likeness (QED) is 0.913. The fourth-order valence-corrected chi connectivity index (χ4v) is 5.30. The first-order chi connectivity index (χ1) is 12.2. The summed E-state index contributed by atoms with van der Waals surface area (Å²) >= 11 is 0. The zero-order valence-electron chi connectivity index (χ0n) is 15.3. The summed E-state index contributed by atoms with van der Waals surface area (Å²) in [7, 11) is 1.68. The lowest BCUT2D eigenvalue weighted by Gasteiger charge is -2.39. The minimum absolute atomic E-state index is 0.258. The van der Waals surface area contributed by atoms with Crippen LogP contribution < -0.4 is 10.1 Å². The number of fused-ring (bicyclic) bond motifs is 1. The van der Waals surface area contributed by atoms with E-state index in [9.17, 15) is 4.79 Å². The smallest absolute Gasteiger partial charge is 0.230 e. The van der Waals surface area contributed by atoms with E-state index in [0.717, 1.165) is 43.4 Å². The van der Waals surface area contributed by atoms with Gasteiger partial charge in [0.05, 0.1) is 12.5 Å². The Hall–Kier alpha value is -1.55. The first-order valence-corrected chi connectivity index (χ1v) is 9.92. The third kappa shape index (κ3) is 3.05. The molecule has 0 unspecified atom stereocenters. The van der Waals surface area contributed by atoms with Gasteiger partial charge in [-0.25, -0.2) is 0 Å². The Morgan fingerprint density at radius 3 is 2.44 bits per heavy atom. The van der Waals surface area contributed by atoms with Crippen molar-refractivity contribution >= 4 is 5.91 Å². The van der Waals surface area contributed by atoms with E-state index in [1.165, 1.54) is 32.4 Å². The fraction of sp³-hybridized carbons (Fsp3) is 0.667. The minimum atomic E-state index is -0.340. The highest BCUT2D eigenvalue weighted by Gasteiger charge is 2.45. The van der Waals surface area contributed by atoms with E-state index in [1.807, 2.05) is 12.1 Å². The van der Waals surface area contributed by atoms with Gasteiger partial charge in [-0.15, -0.1) is 0 Å². The van der Waals surface area contributed by atoms with E-state index in [0.29, 0.717) is 12.1 Å². The van der Waals surface area contributed by atoms with E-state index >= 15 is 0 Å². The number of ether oxygens (including phenoxy) is 1. The summed E-state index contributed by atoms with van der Waals surface area (Å²) in [5.41, 5.74) is 0.815. The Labute approximate surface area is 150 Å². The zero-order chi connectivity index (χ0) is 17.3. The van der Waals surface area contributed by atoms with Crippen molar-refractivity contribution in [3.05, 3.63) is 29.8 Å². The Morgan fingerprint density at radius 2 is 1.76 bits per heavy atom. The van der Waals surface area contributed by atoms with Crippen molar-refractivity contribution in [3.8, 4) is 5.75 Å². The Morgan fingerprint density at radius 1 is 1.08 bits per heavy atom. The second-order valence-corrected chi connectivity index (χ2v) is 7.99. The Balaban J connectivity index is 1.54. The molecule has 25 heavy (non-hydrogen) atoms. The molecule has 4 heteroatoms. The number of hydrogen-bond donors (Lipinski definition) is 1. The maximum absolute atomic E-state index is 13.4. The molecule has 3 aliphatic rings. The fourth-order valence-electron chi connectivity index (χ4n) is 5.30. The molecule has 1 saturated carbocycles. The van der Waals surface area contributed by atoms with Gasteiger partial charge in [0.2, 0.25) is 5.91 Å². The highest BCUT2D eigenvalue weighted by atomic mass is 16.5. The number of hydrogen-bond acceptors (Lipinski definition) is 3. The molecule has 0 bridgehead atoms. The Bertz CT molecular complexity index is 607. The second kappa shape index (κ2) is 6.99. The van der Waals surface area contributed by atoms with Gasteiger partial charge in [0.1, 0.15) is 5.75 Å². The largest absolute Gasteiger partial charge is 0.497 e. The number of carbonyl (C=O) groups excluding carboxylic acids is 1. The number of piperidine rings is 1. The average Bonchev–Trinajstić information content (AvgIpc) is 3.32. The molecule has 4 rings (SSSR count). The number of nitrogens with one attached hydrogen (secondary N) is 1. The summed E-state index contributed by atoms with van der Waals surface area (Å²) in [6, 6.07) is 9.05. The first kappa shape index (κ1) is 16.9. The van der Waals surface area contributed by atoms with Gasteiger partial charge in [-0.2, -0.15) is 0 Å². The minimum Gasteiger partial charge on any atom is -0.497 e. The van der Waals surface area contributed by atoms with Crippen LogP contribution in [0.5, 0.6) is 5.75 Å². The molecule has 136 valence electrons.